The number of nitrogens with one attached hydrogen (secondary N) is 1. The largest absolute Gasteiger partial charge is 0.325 e. The van der Waals surface area contributed by atoms with Crippen LogP contribution in [-0.2, 0) is 16.6 Å². The normalized spacial score (nSPS) is 16.8. The van der Waals surface area contributed by atoms with Gasteiger partial charge in [-0.25, -0.2) is 0 Å². The molecule has 120 valence electrons. The zero-order valence-corrected chi connectivity index (χ0v) is 14.0. The molecule has 3 heteroatoms. The molecule has 1 aliphatic rings. The minimum absolute atomic E-state index is 0.0225. The number of amides is 1. The van der Waals surface area contributed by atoms with Gasteiger partial charge in [0, 0.05) is 11.7 Å². The van der Waals surface area contributed by atoms with E-state index in [1.54, 1.807) is 0 Å². The van der Waals surface area contributed by atoms with Crippen LogP contribution in [0.15, 0.2) is 42.5 Å². The maximum absolute atomic E-state index is 12.2. The summed E-state index contributed by atoms with van der Waals surface area (Å²) in [5.41, 5.74) is 11.5. The van der Waals surface area contributed by atoms with Gasteiger partial charge < -0.3 is 11.1 Å². The Kier molecular flexibility index (Phi) is 3.99. The van der Waals surface area contributed by atoms with Crippen molar-refractivity contribution in [1.29, 1.82) is 0 Å². The maximum atomic E-state index is 12.2. The number of hydrogen-bond donors (Lipinski definition) is 2. The molecule has 23 heavy (non-hydrogen) atoms. The molecule has 3 rings (SSSR count). The van der Waals surface area contributed by atoms with E-state index in [9.17, 15) is 4.79 Å². The van der Waals surface area contributed by atoms with Gasteiger partial charge in [-0.1, -0.05) is 42.5 Å². The summed E-state index contributed by atoms with van der Waals surface area (Å²) in [6.07, 6.45) is 1.85. The highest BCUT2D eigenvalue weighted by Crippen LogP contribution is 2.40. The Bertz CT molecular complexity index is 735. The highest BCUT2D eigenvalue weighted by molar-refractivity contribution is 6.06. The van der Waals surface area contributed by atoms with Crippen LogP contribution < -0.4 is 11.1 Å². The van der Waals surface area contributed by atoms with Crippen molar-refractivity contribution < 1.29 is 4.79 Å². The van der Waals surface area contributed by atoms with Gasteiger partial charge in [0.15, 0.2) is 0 Å². The zero-order valence-electron chi connectivity index (χ0n) is 14.0. The molecule has 2 aromatic rings. The first-order valence-electron chi connectivity index (χ1n) is 8.15. The molecular formula is C20H24N2O. The molecule has 0 aromatic heterocycles. The summed E-state index contributed by atoms with van der Waals surface area (Å²) >= 11 is 0. The smallest absolute Gasteiger partial charge is 0.234 e. The Hall–Kier alpha value is -2.13. The van der Waals surface area contributed by atoms with Gasteiger partial charge >= 0.3 is 0 Å². The van der Waals surface area contributed by atoms with Crippen molar-refractivity contribution >= 4 is 11.6 Å². The van der Waals surface area contributed by atoms with Gasteiger partial charge in [0.1, 0.15) is 0 Å². The maximum Gasteiger partial charge on any atom is 0.234 e. The summed E-state index contributed by atoms with van der Waals surface area (Å²) in [6, 6.07) is 14.6. The summed E-state index contributed by atoms with van der Waals surface area (Å²) in [5.74, 6) is 0.0607. The number of fused-ring (bicyclic) bond motifs is 1. The minimum Gasteiger partial charge on any atom is -0.325 e. The molecule has 1 heterocycles. The highest BCUT2D eigenvalue weighted by atomic mass is 16.2. The fraction of sp³-hybridized carbons (Fsp3) is 0.350. The molecule has 1 aliphatic heterocycles. The van der Waals surface area contributed by atoms with E-state index in [1.807, 2.05) is 26.8 Å². The number of rotatable bonds is 4. The monoisotopic (exact) mass is 308 g/mol. The second kappa shape index (κ2) is 5.82. The third-order valence-corrected chi connectivity index (χ3v) is 4.85. The zero-order chi connectivity index (χ0) is 16.6. The summed E-state index contributed by atoms with van der Waals surface area (Å²) in [4.78, 5) is 12.2. The lowest BCUT2D eigenvalue weighted by Crippen LogP contribution is -2.27. The Labute approximate surface area is 137 Å². The molecule has 0 radical (unpaired) electrons. The van der Waals surface area contributed by atoms with Gasteiger partial charge in [-0.2, -0.15) is 0 Å². The Morgan fingerprint density at radius 3 is 2.57 bits per heavy atom. The lowest BCUT2D eigenvalue weighted by atomic mass is 9.83. The van der Waals surface area contributed by atoms with Crippen LogP contribution in [0, 0.1) is 6.92 Å². The van der Waals surface area contributed by atoms with Crippen molar-refractivity contribution in [3.63, 3.8) is 0 Å². The molecule has 3 N–H and O–H groups in total. The number of nitrogens with two attached hydrogens (primary N) is 1. The number of hydrogen-bond acceptors (Lipinski definition) is 2. The van der Waals surface area contributed by atoms with Gasteiger partial charge in [-0.05, 0) is 55.9 Å². The average molecular weight is 308 g/mol. The molecule has 0 aliphatic carbocycles. The van der Waals surface area contributed by atoms with Crippen LogP contribution in [-0.4, -0.2) is 5.91 Å². The van der Waals surface area contributed by atoms with Crippen molar-refractivity contribution in [1.82, 2.24) is 0 Å². The molecule has 0 saturated carbocycles. The van der Waals surface area contributed by atoms with Gasteiger partial charge in [0.25, 0.3) is 0 Å². The third-order valence-electron chi connectivity index (χ3n) is 4.85. The van der Waals surface area contributed by atoms with E-state index in [0.29, 0.717) is 0 Å². The van der Waals surface area contributed by atoms with E-state index >= 15 is 0 Å². The molecule has 0 saturated heterocycles. The van der Waals surface area contributed by atoms with E-state index in [0.717, 1.165) is 35.2 Å². The van der Waals surface area contributed by atoms with Crippen LogP contribution in [0.5, 0.6) is 0 Å². The lowest BCUT2D eigenvalue weighted by Gasteiger charge is -2.19. The SMILES string of the molecule is Cc1cc(C(N)CCc2ccccc2)cc2c1NC(=O)C2(C)C. The van der Waals surface area contributed by atoms with Gasteiger partial charge in [0.05, 0.1) is 5.41 Å². The van der Waals surface area contributed by atoms with Crippen LogP contribution in [0.2, 0.25) is 0 Å². The summed E-state index contributed by atoms with van der Waals surface area (Å²) < 4.78 is 0. The molecule has 1 amide bonds. The fourth-order valence-electron chi connectivity index (χ4n) is 3.21. The molecule has 0 bridgehead atoms. The van der Waals surface area contributed by atoms with Crippen LogP contribution in [0.3, 0.4) is 0 Å². The molecule has 1 atom stereocenters. The van der Waals surface area contributed by atoms with Crippen LogP contribution in [0.25, 0.3) is 0 Å². The van der Waals surface area contributed by atoms with E-state index in [1.165, 1.54) is 5.56 Å². The Balaban J connectivity index is 1.83. The summed E-state index contributed by atoms with van der Waals surface area (Å²) in [6.45, 7) is 5.97. The summed E-state index contributed by atoms with van der Waals surface area (Å²) in [7, 11) is 0. The topological polar surface area (TPSA) is 55.1 Å². The minimum atomic E-state index is -0.491. The van der Waals surface area contributed by atoms with Crippen molar-refractivity contribution in [2.24, 2.45) is 5.73 Å². The van der Waals surface area contributed by atoms with Gasteiger partial charge in [-0.15, -0.1) is 0 Å². The number of carbonyl (C=O) groups is 1. The fourth-order valence-corrected chi connectivity index (χ4v) is 3.21. The molecule has 3 nitrogen and oxygen atoms in total. The highest BCUT2D eigenvalue weighted by Gasteiger charge is 2.39. The predicted molar refractivity (Wildman–Crippen MR) is 94.5 cm³/mol. The van der Waals surface area contributed by atoms with Crippen molar-refractivity contribution in [2.75, 3.05) is 5.32 Å². The quantitative estimate of drug-likeness (QED) is 0.901. The standard InChI is InChI=1S/C20H24N2O/c1-13-11-15(12-16-18(13)22-19(23)20(16,2)3)17(21)10-9-14-7-5-4-6-8-14/h4-8,11-12,17H,9-10,21H2,1-3H3,(H,22,23). The van der Waals surface area contributed by atoms with E-state index < -0.39 is 5.41 Å². The summed E-state index contributed by atoms with van der Waals surface area (Å²) in [5, 5.41) is 3.00. The predicted octanol–water partition coefficient (Wildman–Crippen LogP) is 3.86. The van der Waals surface area contributed by atoms with Crippen LogP contribution in [0.4, 0.5) is 5.69 Å². The van der Waals surface area contributed by atoms with Crippen LogP contribution >= 0.6 is 0 Å². The number of aryl methyl sites for hydroxylation is 2. The number of carbonyl (C=O) groups excluding carboxylic acids is 1. The van der Waals surface area contributed by atoms with Crippen molar-refractivity contribution in [3.8, 4) is 0 Å². The second-order valence-electron chi connectivity index (χ2n) is 6.97. The number of benzene rings is 2. The van der Waals surface area contributed by atoms with E-state index in [-0.39, 0.29) is 11.9 Å². The molecule has 0 spiro atoms. The molecular weight excluding hydrogens is 284 g/mol. The lowest BCUT2D eigenvalue weighted by molar-refractivity contribution is -0.119. The third kappa shape index (κ3) is 2.89. The Morgan fingerprint density at radius 1 is 1.17 bits per heavy atom. The second-order valence-corrected chi connectivity index (χ2v) is 6.97. The van der Waals surface area contributed by atoms with E-state index in [4.69, 9.17) is 5.73 Å². The van der Waals surface area contributed by atoms with Crippen molar-refractivity contribution in [2.45, 2.75) is 45.1 Å². The van der Waals surface area contributed by atoms with E-state index in [2.05, 4.69) is 41.7 Å². The van der Waals surface area contributed by atoms with Gasteiger partial charge in [0.2, 0.25) is 5.91 Å². The molecule has 0 fully saturated rings. The van der Waals surface area contributed by atoms with Gasteiger partial charge in [-0.3, -0.25) is 4.79 Å². The first-order valence-corrected chi connectivity index (χ1v) is 8.15. The van der Waals surface area contributed by atoms with Crippen LogP contribution in [0.1, 0.15) is 48.6 Å². The molecule has 2 aromatic carbocycles. The number of anilines is 1. The molecule has 1 unspecified atom stereocenters. The first-order chi connectivity index (χ1) is 10.9. The average Bonchev–Trinajstić information content (AvgIpc) is 2.77. The first kappa shape index (κ1) is 15.8. The van der Waals surface area contributed by atoms with Crippen molar-refractivity contribution in [3.05, 3.63) is 64.7 Å². The Morgan fingerprint density at radius 2 is 1.87 bits per heavy atom.